The number of amides is 1. The molecule has 2 aromatic carbocycles. The average Bonchev–Trinajstić information content (AvgIpc) is 3.31. The lowest BCUT2D eigenvalue weighted by Crippen LogP contribution is -2.14. The molecule has 8 heteroatoms. The van der Waals surface area contributed by atoms with Crippen molar-refractivity contribution in [2.24, 2.45) is 0 Å². The lowest BCUT2D eigenvalue weighted by molar-refractivity contribution is -0.113. The number of carbonyl (C=O) groups excluding carboxylic acids is 1. The van der Waals surface area contributed by atoms with Gasteiger partial charge in [-0.1, -0.05) is 23.9 Å². The highest BCUT2D eigenvalue weighted by Gasteiger charge is 2.12. The second kappa shape index (κ2) is 8.81. The van der Waals surface area contributed by atoms with Crippen molar-refractivity contribution in [3.63, 3.8) is 0 Å². The molecule has 2 heterocycles. The fraction of sp³-hybridized carbons (Fsp3) is 0.182. The number of thiazole rings is 1. The van der Waals surface area contributed by atoms with Crippen LogP contribution in [0.5, 0.6) is 0 Å². The first-order valence-corrected chi connectivity index (χ1v) is 11.2. The molecule has 0 unspecified atom stereocenters. The molecule has 0 aliphatic carbocycles. The van der Waals surface area contributed by atoms with E-state index in [1.807, 2.05) is 41.8 Å². The third-order valence-corrected chi connectivity index (χ3v) is 6.54. The summed E-state index contributed by atoms with van der Waals surface area (Å²) in [5, 5.41) is 12.8. The lowest BCUT2D eigenvalue weighted by atomic mass is 10.2. The van der Waals surface area contributed by atoms with E-state index in [1.54, 1.807) is 17.4 Å². The van der Waals surface area contributed by atoms with Crippen LogP contribution in [0.25, 0.3) is 20.8 Å². The van der Waals surface area contributed by atoms with Crippen molar-refractivity contribution in [2.45, 2.75) is 25.5 Å². The molecule has 4 aromatic rings. The van der Waals surface area contributed by atoms with Crippen LogP contribution in [-0.2, 0) is 11.3 Å². The van der Waals surface area contributed by atoms with Crippen LogP contribution in [0.15, 0.2) is 60.3 Å². The average molecular weight is 436 g/mol. The molecule has 0 bridgehead atoms. The van der Waals surface area contributed by atoms with E-state index in [2.05, 4.69) is 41.1 Å². The number of thioether (sulfide) groups is 1. The van der Waals surface area contributed by atoms with Gasteiger partial charge in [0.2, 0.25) is 5.91 Å². The number of carbonyl (C=O) groups is 1. The maximum atomic E-state index is 12.3. The molecule has 30 heavy (non-hydrogen) atoms. The predicted molar refractivity (Wildman–Crippen MR) is 124 cm³/mol. The number of benzene rings is 2. The zero-order valence-corrected chi connectivity index (χ0v) is 18.4. The van der Waals surface area contributed by atoms with E-state index in [9.17, 15) is 4.79 Å². The first-order valence-electron chi connectivity index (χ1n) is 9.44. The number of hydrogen-bond acceptors (Lipinski definition) is 6. The third-order valence-electron chi connectivity index (χ3n) is 4.51. The molecule has 0 saturated heterocycles. The summed E-state index contributed by atoms with van der Waals surface area (Å²) in [6.45, 7) is 8.33. The van der Waals surface area contributed by atoms with E-state index in [0.717, 1.165) is 27.6 Å². The smallest absolute Gasteiger partial charge is 0.234 e. The van der Waals surface area contributed by atoms with Gasteiger partial charge in [0.05, 0.1) is 16.0 Å². The Bertz CT molecular complexity index is 1210. The molecule has 0 aliphatic rings. The number of allylic oxidation sites excluding steroid dienone is 1. The fourth-order valence-electron chi connectivity index (χ4n) is 2.99. The van der Waals surface area contributed by atoms with Crippen LogP contribution in [-0.4, -0.2) is 31.4 Å². The Labute approximate surface area is 183 Å². The summed E-state index contributed by atoms with van der Waals surface area (Å²) in [7, 11) is 0. The van der Waals surface area contributed by atoms with Crippen molar-refractivity contribution in [1.82, 2.24) is 19.7 Å². The number of nitrogens with one attached hydrogen (secondary N) is 1. The highest BCUT2D eigenvalue weighted by Crippen LogP contribution is 2.31. The number of rotatable bonds is 7. The largest absolute Gasteiger partial charge is 0.325 e. The molecule has 6 nitrogen and oxygen atoms in total. The minimum Gasteiger partial charge on any atom is -0.325 e. The van der Waals surface area contributed by atoms with Crippen LogP contribution in [0, 0.1) is 13.8 Å². The molecule has 0 spiro atoms. The van der Waals surface area contributed by atoms with Crippen molar-refractivity contribution >= 4 is 44.9 Å². The zero-order valence-electron chi connectivity index (χ0n) is 16.8. The minimum absolute atomic E-state index is 0.0889. The van der Waals surface area contributed by atoms with Crippen LogP contribution in [0.1, 0.15) is 11.4 Å². The highest BCUT2D eigenvalue weighted by atomic mass is 32.2. The Morgan fingerprint density at radius 3 is 2.77 bits per heavy atom. The number of fused-ring (bicyclic) bond motifs is 1. The summed E-state index contributed by atoms with van der Waals surface area (Å²) >= 11 is 3.03. The van der Waals surface area contributed by atoms with Gasteiger partial charge >= 0.3 is 0 Å². The Hall–Kier alpha value is -2.97. The Balaban J connectivity index is 1.39. The molecular weight excluding hydrogens is 414 g/mol. The lowest BCUT2D eigenvalue weighted by Gasteiger charge is -2.07. The number of hydrogen-bond donors (Lipinski definition) is 1. The Morgan fingerprint density at radius 1 is 1.20 bits per heavy atom. The monoisotopic (exact) mass is 435 g/mol. The van der Waals surface area contributed by atoms with E-state index in [1.165, 1.54) is 22.0 Å². The SMILES string of the molecule is C=CCn1c(C)nnc1SCC(=O)Nc1ccc(-c2nc3ccc(C)cc3s2)cc1. The summed E-state index contributed by atoms with van der Waals surface area (Å²) in [6, 6.07) is 14.0. The number of anilines is 1. The standard InChI is InChI=1S/C22H21N5OS2/c1-4-11-27-15(3)25-26-22(27)29-13-20(28)23-17-8-6-16(7-9-17)21-24-18-10-5-14(2)12-19(18)30-21/h4-10,12H,1,11,13H2,2-3H3,(H,23,28). The Kier molecular flexibility index (Phi) is 5.96. The maximum absolute atomic E-state index is 12.3. The number of nitrogens with zero attached hydrogens (tertiary/aromatic N) is 4. The van der Waals surface area contributed by atoms with Crippen molar-refractivity contribution in [2.75, 3.05) is 11.1 Å². The second-order valence-electron chi connectivity index (χ2n) is 6.83. The molecular formula is C22H21N5OS2. The van der Waals surface area contributed by atoms with Crippen LogP contribution < -0.4 is 5.32 Å². The molecule has 4 rings (SSSR count). The van der Waals surface area contributed by atoms with E-state index in [4.69, 9.17) is 4.98 Å². The summed E-state index contributed by atoms with van der Waals surface area (Å²) in [5.41, 5.74) is 4.03. The van der Waals surface area contributed by atoms with Crippen molar-refractivity contribution in [1.29, 1.82) is 0 Å². The van der Waals surface area contributed by atoms with Crippen LogP contribution in [0.4, 0.5) is 5.69 Å². The van der Waals surface area contributed by atoms with E-state index < -0.39 is 0 Å². The van der Waals surface area contributed by atoms with Gasteiger partial charge in [-0.2, -0.15) is 0 Å². The summed E-state index contributed by atoms with van der Waals surface area (Å²) in [4.78, 5) is 17.1. The number of aromatic nitrogens is 4. The summed E-state index contributed by atoms with van der Waals surface area (Å²) < 4.78 is 3.11. The van der Waals surface area contributed by atoms with Crippen molar-refractivity contribution in [3.8, 4) is 10.6 Å². The van der Waals surface area contributed by atoms with Gasteiger partial charge in [-0.05, 0) is 55.8 Å². The van der Waals surface area contributed by atoms with Gasteiger partial charge in [0, 0.05) is 17.8 Å². The molecule has 2 aromatic heterocycles. The van der Waals surface area contributed by atoms with E-state index in [-0.39, 0.29) is 11.7 Å². The summed E-state index contributed by atoms with van der Waals surface area (Å²) in [6.07, 6.45) is 1.79. The quantitative estimate of drug-likeness (QED) is 0.323. The van der Waals surface area contributed by atoms with Gasteiger partial charge in [-0.25, -0.2) is 4.98 Å². The number of aryl methyl sites for hydroxylation is 2. The summed E-state index contributed by atoms with van der Waals surface area (Å²) in [5.74, 6) is 0.973. The van der Waals surface area contributed by atoms with Crippen molar-refractivity contribution < 1.29 is 4.79 Å². The van der Waals surface area contributed by atoms with Gasteiger partial charge in [0.1, 0.15) is 10.8 Å². The molecule has 1 amide bonds. The maximum Gasteiger partial charge on any atom is 0.234 e. The molecule has 0 atom stereocenters. The predicted octanol–water partition coefficient (Wildman–Crippen LogP) is 5.09. The van der Waals surface area contributed by atoms with Gasteiger partial charge in [-0.3, -0.25) is 4.79 Å². The van der Waals surface area contributed by atoms with Crippen LogP contribution in [0.3, 0.4) is 0 Å². The minimum atomic E-state index is -0.0889. The van der Waals surface area contributed by atoms with Gasteiger partial charge in [-0.15, -0.1) is 28.1 Å². The molecule has 152 valence electrons. The van der Waals surface area contributed by atoms with Crippen LogP contribution in [0.2, 0.25) is 0 Å². The molecule has 0 aliphatic heterocycles. The molecule has 0 fully saturated rings. The topological polar surface area (TPSA) is 72.7 Å². The zero-order chi connectivity index (χ0) is 21.1. The molecule has 1 N–H and O–H groups in total. The third kappa shape index (κ3) is 4.44. The van der Waals surface area contributed by atoms with E-state index in [0.29, 0.717) is 11.7 Å². The first-order chi connectivity index (χ1) is 14.5. The Morgan fingerprint density at radius 2 is 2.00 bits per heavy atom. The normalized spacial score (nSPS) is 11.0. The van der Waals surface area contributed by atoms with Gasteiger partial charge < -0.3 is 9.88 Å². The van der Waals surface area contributed by atoms with Crippen LogP contribution >= 0.6 is 23.1 Å². The molecule has 0 radical (unpaired) electrons. The second-order valence-corrected chi connectivity index (χ2v) is 8.81. The van der Waals surface area contributed by atoms with Crippen molar-refractivity contribution in [3.05, 3.63) is 66.5 Å². The first kappa shape index (κ1) is 20.3. The van der Waals surface area contributed by atoms with E-state index >= 15 is 0 Å². The molecule has 0 saturated carbocycles. The highest BCUT2D eigenvalue weighted by molar-refractivity contribution is 7.99. The fourth-order valence-corrected chi connectivity index (χ4v) is 4.85. The van der Waals surface area contributed by atoms with Gasteiger partial charge in [0.15, 0.2) is 5.16 Å². The van der Waals surface area contributed by atoms with Gasteiger partial charge in [0.25, 0.3) is 0 Å².